The number of hydrogen-bond donors (Lipinski definition) is 1. The standard InChI is InChI=1S/C17H18F2N4O3/c1-10-6-13(7-14(22-10)23-25)16(24)21-9-12-4-5-15(20-8-12)26-11(2)17(3,18)19/h4-8,11H,9H2,1-3H3,(H,21,24)/t11-/m1/s1. The van der Waals surface area contributed by atoms with Crippen LogP contribution < -0.4 is 10.1 Å². The molecule has 2 aromatic rings. The Morgan fingerprint density at radius 2 is 2.12 bits per heavy atom. The first kappa shape index (κ1) is 19.4. The predicted molar refractivity (Wildman–Crippen MR) is 90.5 cm³/mol. The monoisotopic (exact) mass is 364 g/mol. The summed E-state index contributed by atoms with van der Waals surface area (Å²) in [5.74, 6) is -3.38. The normalized spacial score (nSPS) is 12.3. The highest BCUT2D eigenvalue weighted by Crippen LogP contribution is 2.21. The van der Waals surface area contributed by atoms with E-state index >= 15 is 0 Å². The van der Waals surface area contributed by atoms with Gasteiger partial charge in [0.1, 0.15) is 0 Å². The Hall–Kier alpha value is -2.97. The van der Waals surface area contributed by atoms with Gasteiger partial charge in [0.15, 0.2) is 11.9 Å². The maximum Gasteiger partial charge on any atom is 0.281 e. The predicted octanol–water partition coefficient (Wildman–Crippen LogP) is 3.54. The quantitative estimate of drug-likeness (QED) is 0.759. The van der Waals surface area contributed by atoms with Gasteiger partial charge in [-0.1, -0.05) is 6.07 Å². The molecule has 0 bridgehead atoms. The second-order valence-electron chi connectivity index (χ2n) is 5.85. The van der Waals surface area contributed by atoms with Gasteiger partial charge in [0, 0.05) is 37.0 Å². The lowest BCUT2D eigenvalue weighted by Gasteiger charge is -2.20. The molecule has 138 valence electrons. The number of nitrogens with one attached hydrogen (secondary N) is 1. The minimum Gasteiger partial charge on any atom is -0.468 e. The first-order valence-electron chi connectivity index (χ1n) is 7.78. The lowest BCUT2D eigenvalue weighted by Crippen LogP contribution is -2.32. The summed E-state index contributed by atoms with van der Waals surface area (Å²) in [4.78, 5) is 30.5. The summed E-state index contributed by atoms with van der Waals surface area (Å²) in [5, 5.41) is 5.39. The molecule has 0 aromatic carbocycles. The van der Waals surface area contributed by atoms with E-state index in [4.69, 9.17) is 4.74 Å². The van der Waals surface area contributed by atoms with Crippen LogP contribution in [0.3, 0.4) is 0 Å². The summed E-state index contributed by atoms with van der Waals surface area (Å²) in [5.41, 5.74) is 1.41. The molecule has 1 amide bonds. The van der Waals surface area contributed by atoms with Crippen LogP contribution in [0.2, 0.25) is 0 Å². The van der Waals surface area contributed by atoms with Crippen LogP contribution in [0, 0.1) is 11.8 Å². The fourth-order valence-electron chi connectivity index (χ4n) is 1.98. The number of amides is 1. The topological polar surface area (TPSA) is 93.5 Å². The van der Waals surface area contributed by atoms with E-state index in [1.807, 2.05) is 0 Å². The molecule has 0 aliphatic carbocycles. The van der Waals surface area contributed by atoms with Crippen molar-refractivity contribution in [2.75, 3.05) is 0 Å². The van der Waals surface area contributed by atoms with Crippen molar-refractivity contribution in [3.8, 4) is 5.88 Å². The number of aryl methyl sites for hydroxylation is 1. The van der Waals surface area contributed by atoms with Gasteiger partial charge >= 0.3 is 0 Å². The first-order chi connectivity index (χ1) is 12.2. The Morgan fingerprint density at radius 1 is 1.38 bits per heavy atom. The number of nitrogens with zero attached hydrogens (tertiary/aromatic N) is 3. The van der Waals surface area contributed by atoms with Gasteiger partial charge in [-0.15, -0.1) is 4.91 Å². The van der Waals surface area contributed by atoms with Crippen LogP contribution in [0.25, 0.3) is 0 Å². The van der Waals surface area contributed by atoms with Crippen molar-refractivity contribution in [1.82, 2.24) is 15.3 Å². The number of ether oxygens (including phenoxy) is 1. The smallest absolute Gasteiger partial charge is 0.281 e. The zero-order valence-electron chi connectivity index (χ0n) is 14.5. The van der Waals surface area contributed by atoms with E-state index in [1.165, 1.54) is 31.3 Å². The van der Waals surface area contributed by atoms with Gasteiger partial charge < -0.3 is 10.1 Å². The Balaban J connectivity index is 1.96. The van der Waals surface area contributed by atoms with Gasteiger partial charge in [-0.3, -0.25) is 4.79 Å². The molecule has 0 spiro atoms. The van der Waals surface area contributed by atoms with Crippen LogP contribution in [-0.2, 0) is 6.54 Å². The van der Waals surface area contributed by atoms with Gasteiger partial charge in [-0.25, -0.2) is 18.7 Å². The van der Waals surface area contributed by atoms with Crippen molar-refractivity contribution in [2.45, 2.75) is 39.3 Å². The van der Waals surface area contributed by atoms with Gasteiger partial charge in [0.2, 0.25) is 5.88 Å². The molecule has 9 heteroatoms. The molecular weight excluding hydrogens is 346 g/mol. The highest BCUT2D eigenvalue weighted by atomic mass is 19.3. The molecule has 0 unspecified atom stereocenters. The largest absolute Gasteiger partial charge is 0.468 e. The molecule has 7 nitrogen and oxygen atoms in total. The summed E-state index contributed by atoms with van der Waals surface area (Å²) in [7, 11) is 0. The second-order valence-corrected chi connectivity index (χ2v) is 5.85. The van der Waals surface area contributed by atoms with Gasteiger partial charge in [-0.2, -0.15) is 0 Å². The molecule has 26 heavy (non-hydrogen) atoms. The molecule has 2 heterocycles. The highest BCUT2D eigenvalue weighted by Gasteiger charge is 2.32. The van der Waals surface area contributed by atoms with E-state index in [0.29, 0.717) is 11.3 Å². The van der Waals surface area contributed by atoms with Crippen LogP contribution in [-0.4, -0.2) is 27.9 Å². The Morgan fingerprint density at radius 3 is 2.69 bits per heavy atom. The minimum absolute atomic E-state index is 0.0693. The van der Waals surface area contributed by atoms with Crippen LogP contribution in [0.1, 0.15) is 35.5 Å². The molecule has 1 atom stereocenters. The van der Waals surface area contributed by atoms with Crippen LogP contribution in [0.15, 0.2) is 35.6 Å². The fourth-order valence-corrected chi connectivity index (χ4v) is 1.98. The zero-order valence-corrected chi connectivity index (χ0v) is 14.5. The van der Waals surface area contributed by atoms with Crippen molar-refractivity contribution < 1.29 is 18.3 Å². The average Bonchev–Trinajstić information content (AvgIpc) is 2.59. The molecule has 1 N–H and O–H groups in total. The number of halogens is 2. The Bertz CT molecular complexity index is 792. The van der Waals surface area contributed by atoms with E-state index in [2.05, 4.69) is 20.5 Å². The number of nitroso groups, excluding NO2 is 1. The molecule has 0 aliphatic heterocycles. The number of aromatic nitrogens is 2. The van der Waals surface area contributed by atoms with Gasteiger partial charge in [0.05, 0.1) is 0 Å². The third kappa shape index (κ3) is 5.27. The van der Waals surface area contributed by atoms with Crippen molar-refractivity contribution >= 4 is 11.7 Å². The number of hydrogen-bond acceptors (Lipinski definition) is 6. The second kappa shape index (κ2) is 7.94. The van der Waals surface area contributed by atoms with Gasteiger partial charge in [0.25, 0.3) is 11.8 Å². The third-order valence-electron chi connectivity index (χ3n) is 3.56. The minimum atomic E-state index is -2.98. The fraction of sp³-hybridized carbons (Fsp3) is 0.353. The molecule has 0 saturated carbocycles. The number of pyridine rings is 2. The highest BCUT2D eigenvalue weighted by molar-refractivity contribution is 5.94. The van der Waals surface area contributed by atoms with Crippen LogP contribution in [0.5, 0.6) is 5.88 Å². The molecular formula is C17H18F2N4O3. The van der Waals surface area contributed by atoms with E-state index in [-0.39, 0.29) is 23.8 Å². The molecule has 0 saturated heterocycles. The lowest BCUT2D eigenvalue weighted by atomic mass is 10.2. The van der Waals surface area contributed by atoms with E-state index in [9.17, 15) is 18.5 Å². The summed E-state index contributed by atoms with van der Waals surface area (Å²) in [6.07, 6.45) is 0.114. The lowest BCUT2D eigenvalue weighted by molar-refractivity contribution is -0.0732. The summed E-state index contributed by atoms with van der Waals surface area (Å²) < 4.78 is 31.3. The number of carbonyl (C=O) groups is 1. The molecule has 2 rings (SSSR count). The Labute approximate surface area is 148 Å². The molecule has 0 aliphatic rings. The maximum atomic E-state index is 13.1. The summed E-state index contributed by atoms with van der Waals surface area (Å²) in [6, 6.07) is 5.89. The van der Waals surface area contributed by atoms with Gasteiger partial charge in [-0.05, 0) is 36.7 Å². The maximum absolute atomic E-state index is 13.1. The van der Waals surface area contributed by atoms with Crippen LogP contribution >= 0.6 is 0 Å². The van der Waals surface area contributed by atoms with Crippen LogP contribution in [0.4, 0.5) is 14.6 Å². The average molecular weight is 364 g/mol. The van der Waals surface area contributed by atoms with E-state index in [0.717, 1.165) is 6.92 Å². The summed E-state index contributed by atoms with van der Waals surface area (Å²) >= 11 is 0. The number of rotatable bonds is 7. The molecule has 2 aromatic heterocycles. The number of carbonyl (C=O) groups excluding carboxylic acids is 1. The van der Waals surface area contributed by atoms with Crippen molar-refractivity contribution in [1.29, 1.82) is 0 Å². The van der Waals surface area contributed by atoms with Crippen molar-refractivity contribution in [3.63, 3.8) is 0 Å². The SMILES string of the molecule is Cc1cc(C(=O)NCc2ccc(O[C@H](C)C(C)(F)F)nc2)cc(N=O)n1. The first-order valence-corrected chi connectivity index (χ1v) is 7.78. The van der Waals surface area contributed by atoms with E-state index in [1.54, 1.807) is 13.0 Å². The van der Waals surface area contributed by atoms with Crippen molar-refractivity contribution in [3.05, 3.63) is 52.2 Å². The zero-order chi connectivity index (χ0) is 19.3. The molecule has 0 fully saturated rings. The van der Waals surface area contributed by atoms with Crippen molar-refractivity contribution in [2.24, 2.45) is 5.18 Å². The number of alkyl halides is 2. The summed E-state index contributed by atoms with van der Waals surface area (Å²) in [6.45, 7) is 3.84. The Kier molecular flexibility index (Phi) is 5.91. The third-order valence-corrected chi connectivity index (χ3v) is 3.56. The molecule has 0 radical (unpaired) electrons. The van der Waals surface area contributed by atoms with E-state index < -0.39 is 17.9 Å².